The van der Waals surface area contributed by atoms with Crippen LogP contribution in [0.3, 0.4) is 0 Å². The van der Waals surface area contributed by atoms with Crippen molar-refractivity contribution < 1.29 is 14.7 Å². The molecule has 0 atom stereocenters. The van der Waals surface area contributed by atoms with Gasteiger partial charge in [0.1, 0.15) is 0 Å². The summed E-state index contributed by atoms with van der Waals surface area (Å²) in [5.74, 6) is -1.02. The number of amides is 1. The zero-order valence-corrected chi connectivity index (χ0v) is 10.6. The molecule has 4 nitrogen and oxygen atoms in total. The highest BCUT2D eigenvalue weighted by Gasteiger charge is 2.26. The molecule has 1 aromatic carbocycles. The minimum atomic E-state index is -1.01. The van der Waals surface area contributed by atoms with E-state index in [4.69, 9.17) is 0 Å². The third kappa shape index (κ3) is 2.37. The monoisotopic (exact) mass is 247 g/mol. The van der Waals surface area contributed by atoms with Crippen LogP contribution >= 0.6 is 0 Å². The number of carbonyl (C=O) groups excluding carboxylic acids is 1. The molecular weight excluding hydrogens is 230 g/mol. The van der Waals surface area contributed by atoms with Crippen LogP contribution in [0.15, 0.2) is 12.1 Å². The Balaban J connectivity index is 2.30. The molecule has 0 radical (unpaired) electrons. The van der Waals surface area contributed by atoms with Crippen LogP contribution in [-0.4, -0.2) is 17.0 Å². The number of carboxylic acid groups (broad SMARTS) is 1. The van der Waals surface area contributed by atoms with Crippen molar-refractivity contribution in [2.75, 3.05) is 5.32 Å². The molecule has 0 aromatic heterocycles. The van der Waals surface area contributed by atoms with E-state index in [0.717, 1.165) is 30.4 Å². The number of aryl methyl sites for hydroxylation is 2. The summed E-state index contributed by atoms with van der Waals surface area (Å²) in [5.41, 5.74) is 2.27. The summed E-state index contributed by atoms with van der Waals surface area (Å²) < 4.78 is 0. The third-order valence-electron chi connectivity index (χ3n) is 3.43. The van der Waals surface area contributed by atoms with Crippen molar-refractivity contribution >= 4 is 17.6 Å². The summed E-state index contributed by atoms with van der Waals surface area (Å²) in [4.78, 5) is 23.1. The van der Waals surface area contributed by atoms with Crippen LogP contribution < -0.4 is 5.32 Å². The third-order valence-corrected chi connectivity index (χ3v) is 3.43. The first-order chi connectivity index (χ1) is 8.49. The lowest BCUT2D eigenvalue weighted by Crippen LogP contribution is -2.29. The SMILES string of the molecule is Cc1cc(C)c(NC(=O)C2CCC2)c(C(=O)O)c1. The van der Waals surface area contributed by atoms with Crippen molar-refractivity contribution in [1.82, 2.24) is 0 Å². The molecule has 4 heteroatoms. The molecule has 2 rings (SSSR count). The van der Waals surface area contributed by atoms with Gasteiger partial charge in [-0.3, -0.25) is 4.79 Å². The highest BCUT2D eigenvalue weighted by molar-refractivity contribution is 6.02. The number of carbonyl (C=O) groups is 2. The van der Waals surface area contributed by atoms with E-state index in [1.807, 2.05) is 19.9 Å². The predicted octanol–water partition coefficient (Wildman–Crippen LogP) is 2.74. The van der Waals surface area contributed by atoms with Gasteiger partial charge < -0.3 is 10.4 Å². The lowest BCUT2D eigenvalue weighted by atomic mass is 9.84. The fraction of sp³-hybridized carbons (Fsp3) is 0.429. The topological polar surface area (TPSA) is 66.4 Å². The van der Waals surface area contributed by atoms with Gasteiger partial charge in [0.15, 0.2) is 0 Å². The van der Waals surface area contributed by atoms with Crippen LogP contribution in [0.1, 0.15) is 40.7 Å². The number of anilines is 1. The zero-order chi connectivity index (χ0) is 13.3. The predicted molar refractivity (Wildman–Crippen MR) is 68.8 cm³/mol. The lowest BCUT2D eigenvalue weighted by molar-refractivity contribution is -0.122. The van der Waals surface area contributed by atoms with Gasteiger partial charge in [0, 0.05) is 5.92 Å². The molecule has 0 saturated heterocycles. The summed E-state index contributed by atoms with van der Waals surface area (Å²) in [7, 11) is 0. The quantitative estimate of drug-likeness (QED) is 0.863. The Hall–Kier alpha value is -1.84. The fourth-order valence-electron chi connectivity index (χ4n) is 2.20. The molecule has 18 heavy (non-hydrogen) atoms. The van der Waals surface area contributed by atoms with E-state index in [2.05, 4.69) is 5.32 Å². The second-order valence-electron chi connectivity index (χ2n) is 4.93. The molecule has 1 aliphatic rings. The van der Waals surface area contributed by atoms with E-state index >= 15 is 0 Å². The highest BCUT2D eigenvalue weighted by atomic mass is 16.4. The maximum absolute atomic E-state index is 11.9. The largest absolute Gasteiger partial charge is 0.478 e. The van der Waals surface area contributed by atoms with Gasteiger partial charge in [-0.05, 0) is 43.9 Å². The number of benzene rings is 1. The zero-order valence-electron chi connectivity index (χ0n) is 10.6. The molecule has 2 N–H and O–H groups in total. The second-order valence-corrected chi connectivity index (χ2v) is 4.93. The molecule has 96 valence electrons. The summed E-state index contributed by atoms with van der Waals surface area (Å²) in [6.07, 6.45) is 2.88. The van der Waals surface area contributed by atoms with E-state index in [9.17, 15) is 14.7 Å². The summed E-state index contributed by atoms with van der Waals surface area (Å²) in [6, 6.07) is 3.47. The Morgan fingerprint density at radius 1 is 1.28 bits per heavy atom. The minimum Gasteiger partial charge on any atom is -0.478 e. The number of carboxylic acids is 1. The number of hydrogen-bond acceptors (Lipinski definition) is 2. The Morgan fingerprint density at radius 2 is 1.94 bits per heavy atom. The van der Waals surface area contributed by atoms with E-state index < -0.39 is 5.97 Å². The number of aromatic carboxylic acids is 1. The van der Waals surface area contributed by atoms with Gasteiger partial charge in [-0.2, -0.15) is 0 Å². The van der Waals surface area contributed by atoms with Crippen molar-refractivity contribution in [2.24, 2.45) is 5.92 Å². The van der Waals surface area contributed by atoms with Crippen molar-refractivity contribution in [1.29, 1.82) is 0 Å². The lowest BCUT2D eigenvalue weighted by Gasteiger charge is -2.25. The number of hydrogen-bond donors (Lipinski definition) is 2. The molecule has 1 aliphatic carbocycles. The van der Waals surface area contributed by atoms with E-state index in [0.29, 0.717) is 5.69 Å². The Labute approximate surface area is 106 Å². The average molecular weight is 247 g/mol. The first kappa shape index (κ1) is 12.6. The van der Waals surface area contributed by atoms with Crippen LogP contribution in [0, 0.1) is 19.8 Å². The first-order valence-electron chi connectivity index (χ1n) is 6.14. The molecule has 1 aromatic rings. The van der Waals surface area contributed by atoms with Crippen molar-refractivity contribution in [3.63, 3.8) is 0 Å². The van der Waals surface area contributed by atoms with Gasteiger partial charge in [0.25, 0.3) is 0 Å². The molecule has 0 spiro atoms. The van der Waals surface area contributed by atoms with Crippen molar-refractivity contribution in [3.8, 4) is 0 Å². The maximum atomic E-state index is 11.9. The number of nitrogens with one attached hydrogen (secondary N) is 1. The molecule has 0 bridgehead atoms. The van der Waals surface area contributed by atoms with Crippen LogP contribution in [0.5, 0.6) is 0 Å². The molecule has 1 amide bonds. The van der Waals surface area contributed by atoms with Gasteiger partial charge >= 0.3 is 5.97 Å². The van der Waals surface area contributed by atoms with Gasteiger partial charge in [0.05, 0.1) is 11.3 Å². The van der Waals surface area contributed by atoms with E-state index in [1.165, 1.54) is 0 Å². The second kappa shape index (κ2) is 4.80. The van der Waals surface area contributed by atoms with Gasteiger partial charge in [-0.15, -0.1) is 0 Å². The fourth-order valence-corrected chi connectivity index (χ4v) is 2.20. The summed E-state index contributed by atoms with van der Waals surface area (Å²) in [6.45, 7) is 3.66. The minimum absolute atomic E-state index is 0.0485. The standard InChI is InChI=1S/C14H17NO3/c1-8-6-9(2)12(11(7-8)14(17)18)15-13(16)10-4-3-5-10/h6-7,10H,3-5H2,1-2H3,(H,15,16)(H,17,18). The smallest absolute Gasteiger partial charge is 0.337 e. The Kier molecular flexibility index (Phi) is 3.36. The molecular formula is C14H17NO3. The molecule has 1 fully saturated rings. The van der Waals surface area contributed by atoms with Crippen LogP contribution in [0.2, 0.25) is 0 Å². The Bertz CT molecular complexity index is 504. The normalized spacial score (nSPS) is 15.0. The van der Waals surface area contributed by atoms with Crippen LogP contribution in [-0.2, 0) is 4.79 Å². The molecule has 0 heterocycles. The van der Waals surface area contributed by atoms with E-state index in [1.54, 1.807) is 6.07 Å². The first-order valence-corrected chi connectivity index (χ1v) is 6.14. The summed E-state index contributed by atoms with van der Waals surface area (Å²) >= 11 is 0. The van der Waals surface area contributed by atoms with Gasteiger partial charge in [-0.25, -0.2) is 4.79 Å². The highest BCUT2D eigenvalue weighted by Crippen LogP contribution is 2.29. The Morgan fingerprint density at radius 3 is 2.44 bits per heavy atom. The average Bonchev–Trinajstić information content (AvgIpc) is 2.18. The van der Waals surface area contributed by atoms with Gasteiger partial charge in [0.2, 0.25) is 5.91 Å². The number of rotatable bonds is 3. The van der Waals surface area contributed by atoms with Crippen molar-refractivity contribution in [3.05, 3.63) is 28.8 Å². The van der Waals surface area contributed by atoms with Crippen molar-refractivity contribution in [2.45, 2.75) is 33.1 Å². The van der Waals surface area contributed by atoms with Crippen LogP contribution in [0.4, 0.5) is 5.69 Å². The van der Waals surface area contributed by atoms with Gasteiger partial charge in [-0.1, -0.05) is 12.5 Å². The van der Waals surface area contributed by atoms with E-state index in [-0.39, 0.29) is 17.4 Å². The maximum Gasteiger partial charge on any atom is 0.337 e. The molecule has 1 saturated carbocycles. The molecule has 0 unspecified atom stereocenters. The van der Waals surface area contributed by atoms with Crippen LogP contribution in [0.25, 0.3) is 0 Å². The molecule has 0 aliphatic heterocycles. The summed E-state index contributed by atoms with van der Waals surface area (Å²) in [5, 5.41) is 12.0.